The normalized spacial score (nSPS) is 11.2. The topological polar surface area (TPSA) is 81.9 Å². The van der Waals surface area contributed by atoms with Crippen molar-refractivity contribution in [3.8, 4) is 11.5 Å². The van der Waals surface area contributed by atoms with E-state index in [-0.39, 0.29) is 11.5 Å². The van der Waals surface area contributed by atoms with Crippen LogP contribution in [0.25, 0.3) is 0 Å². The maximum absolute atomic E-state index is 12.8. The molecule has 2 aromatic carbocycles. The van der Waals surface area contributed by atoms with Crippen molar-refractivity contribution < 1.29 is 22.4 Å². The summed E-state index contributed by atoms with van der Waals surface area (Å²) in [5.74, 6) is 1.92. The molecule has 0 aliphatic rings. The molecular formula is C19H20N2O5S. The number of ether oxygens (including phenoxy) is 2. The van der Waals surface area contributed by atoms with Crippen molar-refractivity contribution in [2.75, 3.05) is 18.5 Å². The van der Waals surface area contributed by atoms with Gasteiger partial charge < -0.3 is 14.0 Å². The van der Waals surface area contributed by atoms with Crippen LogP contribution in [0.5, 0.6) is 11.5 Å². The SMILES string of the molecule is COc1ccc(S(=O)(=O)N(C)c2ccc(OCc3cc(C)on3)cc2)cc1. The van der Waals surface area contributed by atoms with Gasteiger partial charge in [0.1, 0.15) is 29.6 Å². The summed E-state index contributed by atoms with van der Waals surface area (Å²) >= 11 is 0. The first-order chi connectivity index (χ1) is 12.9. The molecule has 0 radical (unpaired) electrons. The Labute approximate surface area is 158 Å². The zero-order valence-corrected chi connectivity index (χ0v) is 16.1. The third-order valence-electron chi connectivity index (χ3n) is 3.98. The van der Waals surface area contributed by atoms with E-state index in [1.165, 1.54) is 30.6 Å². The van der Waals surface area contributed by atoms with Crippen LogP contribution in [0, 0.1) is 6.92 Å². The predicted molar refractivity (Wildman–Crippen MR) is 101 cm³/mol. The molecule has 0 atom stereocenters. The molecule has 1 heterocycles. The number of anilines is 1. The zero-order valence-electron chi connectivity index (χ0n) is 15.2. The van der Waals surface area contributed by atoms with Gasteiger partial charge in [0, 0.05) is 13.1 Å². The summed E-state index contributed by atoms with van der Waals surface area (Å²) in [5, 5.41) is 3.86. The molecule has 27 heavy (non-hydrogen) atoms. The maximum Gasteiger partial charge on any atom is 0.264 e. The summed E-state index contributed by atoms with van der Waals surface area (Å²) in [7, 11) is -0.629. The Morgan fingerprint density at radius 2 is 1.67 bits per heavy atom. The molecule has 0 spiro atoms. The van der Waals surface area contributed by atoms with Crippen molar-refractivity contribution in [3.05, 3.63) is 66.1 Å². The average Bonchev–Trinajstić information content (AvgIpc) is 3.11. The molecule has 0 saturated carbocycles. The summed E-state index contributed by atoms with van der Waals surface area (Å²) in [6.45, 7) is 2.08. The molecule has 0 saturated heterocycles. The fourth-order valence-electron chi connectivity index (χ4n) is 2.44. The summed E-state index contributed by atoms with van der Waals surface area (Å²) in [5.41, 5.74) is 1.21. The molecule has 0 unspecified atom stereocenters. The van der Waals surface area contributed by atoms with Crippen LogP contribution in [-0.2, 0) is 16.6 Å². The number of aromatic nitrogens is 1. The minimum atomic E-state index is -3.67. The van der Waals surface area contributed by atoms with Gasteiger partial charge in [-0.25, -0.2) is 8.42 Å². The van der Waals surface area contributed by atoms with E-state index in [1.54, 1.807) is 42.5 Å². The molecule has 3 rings (SSSR count). The summed E-state index contributed by atoms with van der Waals surface area (Å²) in [6.07, 6.45) is 0. The van der Waals surface area contributed by atoms with Crippen LogP contribution in [0.4, 0.5) is 5.69 Å². The fraction of sp³-hybridized carbons (Fsp3) is 0.211. The molecule has 0 N–H and O–H groups in total. The molecular weight excluding hydrogens is 368 g/mol. The molecule has 0 amide bonds. The lowest BCUT2D eigenvalue weighted by Gasteiger charge is -2.20. The quantitative estimate of drug-likeness (QED) is 0.617. The van der Waals surface area contributed by atoms with Crippen molar-refractivity contribution in [2.24, 2.45) is 0 Å². The minimum absolute atomic E-state index is 0.188. The van der Waals surface area contributed by atoms with Crippen LogP contribution in [0.2, 0.25) is 0 Å². The van der Waals surface area contributed by atoms with Crippen molar-refractivity contribution in [1.29, 1.82) is 0 Å². The van der Waals surface area contributed by atoms with Crippen LogP contribution in [0.15, 0.2) is 64.0 Å². The van der Waals surface area contributed by atoms with Gasteiger partial charge in [-0.1, -0.05) is 5.16 Å². The highest BCUT2D eigenvalue weighted by molar-refractivity contribution is 7.92. The summed E-state index contributed by atoms with van der Waals surface area (Å²) in [6, 6.07) is 14.8. The zero-order chi connectivity index (χ0) is 19.4. The smallest absolute Gasteiger partial charge is 0.264 e. The highest BCUT2D eigenvalue weighted by Crippen LogP contribution is 2.25. The Morgan fingerprint density at radius 3 is 2.22 bits per heavy atom. The number of hydrogen-bond donors (Lipinski definition) is 0. The highest BCUT2D eigenvalue weighted by Gasteiger charge is 2.21. The lowest BCUT2D eigenvalue weighted by atomic mass is 10.3. The minimum Gasteiger partial charge on any atom is -0.497 e. The Bertz CT molecular complexity index is 995. The molecule has 142 valence electrons. The molecule has 0 bridgehead atoms. The van der Waals surface area contributed by atoms with E-state index in [0.717, 1.165) is 0 Å². The van der Waals surface area contributed by atoms with E-state index in [1.807, 2.05) is 6.92 Å². The van der Waals surface area contributed by atoms with Gasteiger partial charge in [-0.3, -0.25) is 4.31 Å². The van der Waals surface area contributed by atoms with E-state index in [4.69, 9.17) is 14.0 Å². The highest BCUT2D eigenvalue weighted by atomic mass is 32.2. The number of hydrogen-bond acceptors (Lipinski definition) is 6. The van der Waals surface area contributed by atoms with E-state index in [0.29, 0.717) is 28.6 Å². The molecule has 0 fully saturated rings. The second-order valence-electron chi connectivity index (χ2n) is 5.86. The first-order valence-electron chi connectivity index (χ1n) is 8.18. The second kappa shape index (κ2) is 7.71. The van der Waals surface area contributed by atoms with Gasteiger partial charge in [0.2, 0.25) is 0 Å². The summed E-state index contributed by atoms with van der Waals surface area (Å²) in [4.78, 5) is 0.188. The van der Waals surface area contributed by atoms with Gasteiger partial charge in [0.15, 0.2) is 0 Å². The first kappa shape index (κ1) is 18.8. The van der Waals surface area contributed by atoms with Crippen LogP contribution in [0.1, 0.15) is 11.5 Å². The van der Waals surface area contributed by atoms with Gasteiger partial charge in [0.25, 0.3) is 10.0 Å². The Balaban J connectivity index is 1.71. The van der Waals surface area contributed by atoms with E-state index < -0.39 is 10.0 Å². The maximum atomic E-state index is 12.8. The predicted octanol–water partition coefficient (Wildman–Crippen LogP) is 3.40. The third-order valence-corrected chi connectivity index (χ3v) is 5.78. The number of aryl methyl sites for hydroxylation is 1. The fourth-order valence-corrected chi connectivity index (χ4v) is 3.64. The van der Waals surface area contributed by atoms with E-state index in [2.05, 4.69) is 5.16 Å². The van der Waals surface area contributed by atoms with Gasteiger partial charge >= 0.3 is 0 Å². The average molecular weight is 388 g/mol. The molecule has 0 aliphatic carbocycles. The number of methoxy groups -OCH3 is 1. The van der Waals surface area contributed by atoms with Crippen LogP contribution in [-0.4, -0.2) is 27.7 Å². The van der Waals surface area contributed by atoms with Gasteiger partial charge in [-0.15, -0.1) is 0 Å². The van der Waals surface area contributed by atoms with Crippen molar-refractivity contribution in [2.45, 2.75) is 18.4 Å². The number of rotatable bonds is 7. The largest absolute Gasteiger partial charge is 0.497 e. The summed E-state index contributed by atoms with van der Waals surface area (Å²) < 4.78 is 42.4. The van der Waals surface area contributed by atoms with Crippen LogP contribution >= 0.6 is 0 Å². The van der Waals surface area contributed by atoms with Crippen molar-refractivity contribution >= 4 is 15.7 Å². The van der Waals surface area contributed by atoms with Gasteiger partial charge in [0.05, 0.1) is 17.7 Å². The van der Waals surface area contributed by atoms with Crippen LogP contribution in [0.3, 0.4) is 0 Å². The second-order valence-corrected chi connectivity index (χ2v) is 7.83. The molecule has 0 aliphatic heterocycles. The third kappa shape index (κ3) is 4.22. The van der Waals surface area contributed by atoms with E-state index in [9.17, 15) is 8.42 Å². The van der Waals surface area contributed by atoms with E-state index >= 15 is 0 Å². The Morgan fingerprint density at radius 1 is 1.04 bits per heavy atom. The monoisotopic (exact) mass is 388 g/mol. The number of nitrogens with zero attached hydrogens (tertiary/aromatic N) is 2. The van der Waals surface area contributed by atoms with Gasteiger partial charge in [-0.2, -0.15) is 0 Å². The first-order valence-corrected chi connectivity index (χ1v) is 9.62. The number of sulfonamides is 1. The number of benzene rings is 2. The Kier molecular flexibility index (Phi) is 5.36. The van der Waals surface area contributed by atoms with Crippen LogP contribution < -0.4 is 13.8 Å². The Hall–Kier alpha value is -3.00. The molecule has 3 aromatic rings. The molecule has 7 nitrogen and oxygen atoms in total. The van der Waals surface area contributed by atoms with Crippen molar-refractivity contribution in [3.63, 3.8) is 0 Å². The molecule has 8 heteroatoms. The lowest BCUT2D eigenvalue weighted by Crippen LogP contribution is -2.26. The molecule has 1 aromatic heterocycles. The lowest BCUT2D eigenvalue weighted by molar-refractivity contribution is 0.288. The van der Waals surface area contributed by atoms with Crippen molar-refractivity contribution in [1.82, 2.24) is 5.16 Å². The van der Waals surface area contributed by atoms with Gasteiger partial charge in [-0.05, 0) is 55.5 Å². The standard InChI is InChI=1S/C19H20N2O5S/c1-14-12-15(20-26-14)13-25-18-6-4-16(5-7-18)21(2)27(22,23)19-10-8-17(24-3)9-11-19/h4-12H,13H2,1-3H3.